The van der Waals surface area contributed by atoms with Crippen LogP contribution in [0.3, 0.4) is 0 Å². The molecule has 0 heterocycles. The summed E-state index contributed by atoms with van der Waals surface area (Å²) in [5.41, 5.74) is 0.760. The third-order valence-electron chi connectivity index (χ3n) is 2.69. The molecule has 0 aliphatic rings. The van der Waals surface area contributed by atoms with Gasteiger partial charge in [0.05, 0.1) is 0 Å². The fraction of sp³-hybridized carbons (Fsp3) is 0. The minimum atomic E-state index is -0.369. The number of carbonyl (C=O) groups excluding carboxylic acids is 1. The van der Waals surface area contributed by atoms with Gasteiger partial charge in [0.2, 0.25) is 0 Å². The quantitative estimate of drug-likeness (QED) is 0.391. The van der Waals surface area contributed by atoms with E-state index in [2.05, 4.69) is 0 Å². The number of carbonyl (C=O) groups is 1. The predicted molar refractivity (Wildman–Crippen MR) is 72.9 cm³/mol. The summed E-state index contributed by atoms with van der Waals surface area (Å²) in [5, 5.41) is 37.0. The van der Waals surface area contributed by atoms with Gasteiger partial charge in [-0.05, 0) is 42.0 Å². The average Bonchev–Trinajstić information content (AvgIpc) is 2.43. The third kappa shape index (κ3) is 2.89. The first-order valence-electron chi connectivity index (χ1n) is 5.74. The Hall–Kier alpha value is -2.95. The zero-order chi connectivity index (χ0) is 14.7. The molecule has 20 heavy (non-hydrogen) atoms. The Kier molecular flexibility index (Phi) is 3.61. The van der Waals surface area contributed by atoms with Crippen molar-refractivity contribution in [3.63, 3.8) is 0 Å². The molecule has 0 saturated heterocycles. The lowest BCUT2D eigenvalue weighted by molar-refractivity contribution is 0.104. The molecule has 5 nitrogen and oxygen atoms in total. The van der Waals surface area contributed by atoms with Crippen molar-refractivity contribution in [2.45, 2.75) is 0 Å². The highest BCUT2D eigenvalue weighted by atomic mass is 16.3. The van der Waals surface area contributed by atoms with E-state index >= 15 is 0 Å². The van der Waals surface area contributed by atoms with E-state index in [-0.39, 0.29) is 34.3 Å². The van der Waals surface area contributed by atoms with E-state index in [0.29, 0.717) is 5.56 Å². The van der Waals surface area contributed by atoms with Crippen molar-refractivity contribution >= 4 is 11.9 Å². The lowest BCUT2D eigenvalue weighted by Gasteiger charge is -2.00. The molecule has 2 aromatic rings. The van der Waals surface area contributed by atoms with Crippen LogP contribution in [0.25, 0.3) is 6.08 Å². The van der Waals surface area contributed by atoms with Crippen LogP contribution in [-0.4, -0.2) is 26.2 Å². The molecule has 0 aliphatic carbocycles. The minimum Gasteiger partial charge on any atom is -0.504 e. The van der Waals surface area contributed by atoms with Gasteiger partial charge in [0.1, 0.15) is 0 Å². The molecule has 0 spiro atoms. The van der Waals surface area contributed by atoms with Crippen LogP contribution < -0.4 is 0 Å². The van der Waals surface area contributed by atoms with Crippen molar-refractivity contribution < 1.29 is 25.2 Å². The van der Waals surface area contributed by atoms with E-state index in [9.17, 15) is 15.0 Å². The number of rotatable bonds is 3. The summed E-state index contributed by atoms with van der Waals surface area (Å²) in [6.07, 6.45) is 2.73. The Labute approximate surface area is 114 Å². The normalized spacial score (nSPS) is 10.8. The molecule has 2 rings (SSSR count). The van der Waals surface area contributed by atoms with E-state index in [1.54, 1.807) is 0 Å². The third-order valence-corrected chi connectivity index (χ3v) is 2.69. The molecule has 0 fully saturated rings. The Morgan fingerprint density at radius 2 is 1.40 bits per heavy atom. The average molecular weight is 272 g/mol. The fourth-order valence-corrected chi connectivity index (χ4v) is 1.59. The number of ketones is 1. The molecule has 0 aromatic heterocycles. The van der Waals surface area contributed by atoms with Crippen LogP contribution in [0, 0.1) is 0 Å². The molecule has 5 heteroatoms. The highest BCUT2D eigenvalue weighted by Crippen LogP contribution is 2.26. The van der Waals surface area contributed by atoms with E-state index in [0.717, 1.165) is 6.07 Å². The van der Waals surface area contributed by atoms with Gasteiger partial charge in [-0.15, -0.1) is 0 Å². The summed E-state index contributed by atoms with van der Waals surface area (Å²) in [4.78, 5) is 11.8. The number of hydrogen-bond donors (Lipinski definition) is 4. The molecule has 0 amide bonds. The van der Waals surface area contributed by atoms with Crippen molar-refractivity contribution in [2.24, 2.45) is 0 Å². The van der Waals surface area contributed by atoms with Gasteiger partial charge in [0.15, 0.2) is 28.8 Å². The van der Waals surface area contributed by atoms with Crippen molar-refractivity contribution in [3.8, 4) is 23.0 Å². The van der Waals surface area contributed by atoms with Crippen LogP contribution in [0.2, 0.25) is 0 Å². The molecule has 0 unspecified atom stereocenters. The summed E-state index contributed by atoms with van der Waals surface area (Å²) in [6.45, 7) is 0. The number of phenols is 4. The Morgan fingerprint density at radius 1 is 0.800 bits per heavy atom. The summed E-state index contributed by atoms with van der Waals surface area (Å²) in [7, 11) is 0. The van der Waals surface area contributed by atoms with Gasteiger partial charge in [-0.1, -0.05) is 12.1 Å². The molecule has 0 atom stereocenters. The summed E-state index contributed by atoms with van der Waals surface area (Å²) < 4.78 is 0. The Bertz CT molecular complexity index is 689. The Morgan fingerprint density at radius 3 is 2.00 bits per heavy atom. The van der Waals surface area contributed by atoms with Crippen LogP contribution in [0.15, 0.2) is 42.5 Å². The van der Waals surface area contributed by atoms with Crippen LogP contribution in [0.4, 0.5) is 0 Å². The number of phenolic OH excluding ortho intramolecular Hbond substituents is 4. The zero-order valence-corrected chi connectivity index (χ0v) is 10.3. The van der Waals surface area contributed by atoms with Gasteiger partial charge in [-0.3, -0.25) is 4.79 Å². The SMILES string of the molecule is O=C(/C=C/c1ccc(O)c(O)c1)c1ccc(O)c(O)c1. The van der Waals surface area contributed by atoms with Crippen LogP contribution in [-0.2, 0) is 0 Å². The molecule has 0 saturated carbocycles. The molecule has 0 aliphatic heterocycles. The summed E-state index contributed by atoms with van der Waals surface area (Å²) in [5.74, 6) is -1.55. The highest BCUT2D eigenvalue weighted by molar-refractivity contribution is 6.07. The topological polar surface area (TPSA) is 98.0 Å². The predicted octanol–water partition coefficient (Wildman–Crippen LogP) is 2.41. The van der Waals surface area contributed by atoms with E-state index in [1.165, 1.54) is 42.5 Å². The molecule has 2 aromatic carbocycles. The second-order valence-corrected chi connectivity index (χ2v) is 4.15. The lowest BCUT2D eigenvalue weighted by atomic mass is 10.1. The minimum absolute atomic E-state index is 0.222. The molecule has 0 radical (unpaired) electrons. The second kappa shape index (κ2) is 5.36. The van der Waals surface area contributed by atoms with Crippen LogP contribution >= 0.6 is 0 Å². The molecule has 102 valence electrons. The molecule has 0 bridgehead atoms. The maximum absolute atomic E-state index is 11.8. The monoisotopic (exact) mass is 272 g/mol. The second-order valence-electron chi connectivity index (χ2n) is 4.15. The number of hydrogen-bond acceptors (Lipinski definition) is 5. The standard InChI is InChI=1S/C15H12O5/c16-11(10-3-6-13(18)15(20)8-10)4-1-9-2-5-12(17)14(19)7-9/h1-8,17-20H/b4-1+. The lowest BCUT2D eigenvalue weighted by Crippen LogP contribution is -1.93. The van der Waals surface area contributed by atoms with Crippen LogP contribution in [0.5, 0.6) is 23.0 Å². The van der Waals surface area contributed by atoms with Gasteiger partial charge in [0.25, 0.3) is 0 Å². The van der Waals surface area contributed by atoms with E-state index in [1.807, 2.05) is 0 Å². The Balaban J connectivity index is 2.19. The highest BCUT2D eigenvalue weighted by Gasteiger charge is 2.06. The van der Waals surface area contributed by atoms with E-state index < -0.39 is 0 Å². The molecular formula is C15H12O5. The maximum Gasteiger partial charge on any atom is 0.185 e. The number of aromatic hydroxyl groups is 4. The number of benzene rings is 2. The fourth-order valence-electron chi connectivity index (χ4n) is 1.59. The largest absolute Gasteiger partial charge is 0.504 e. The first-order valence-corrected chi connectivity index (χ1v) is 5.74. The van der Waals surface area contributed by atoms with Crippen LogP contribution in [0.1, 0.15) is 15.9 Å². The van der Waals surface area contributed by atoms with Crippen molar-refractivity contribution in [1.29, 1.82) is 0 Å². The van der Waals surface area contributed by atoms with Gasteiger partial charge >= 0.3 is 0 Å². The van der Waals surface area contributed by atoms with Crippen molar-refractivity contribution in [3.05, 3.63) is 53.6 Å². The van der Waals surface area contributed by atoms with Crippen molar-refractivity contribution in [1.82, 2.24) is 0 Å². The van der Waals surface area contributed by atoms with Gasteiger partial charge in [-0.2, -0.15) is 0 Å². The first kappa shape index (κ1) is 13.5. The van der Waals surface area contributed by atoms with Crippen molar-refractivity contribution in [2.75, 3.05) is 0 Å². The zero-order valence-electron chi connectivity index (χ0n) is 10.3. The maximum atomic E-state index is 11.8. The van der Waals surface area contributed by atoms with E-state index in [4.69, 9.17) is 10.2 Å². The summed E-state index contributed by atoms with van der Waals surface area (Å²) >= 11 is 0. The van der Waals surface area contributed by atoms with Gasteiger partial charge < -0.3 is 20.4 Å². The molecular weight excluding hydrogens is 260 g/mol. The first-order chi connectivity index (χ1) is 9.47. The smallest absolute Gasteiger partial charge is 0.185 e. The molecule has 4 N–H and O–H groups in total. The van der Waals surface area contributed by atoms with Gasteiger partial charge in [-0.25, -0.2) is 0 Å². The summed E-state index contributed by atoms with van der Waals surface area (Å²) in [6, 6.07) is 7.93. The number of allylic oxidation sites excluding steroid dienone is 1. The van der Waals surface area contributed by atoms with Gasteiger partial charge in [0, 0.05) is 5.56 Å².